The number of carbonyl (C=O) groups is 1. The molecule has 1 saturated heterocycles. The summed E-state index contributed by atoms with van der Waals surface area (Å²) in [4.78, 5) is 16.2. The number of likely N-dealkylation sites (tertiary alicyclic amines) is 1. The van der Waals surface area contributed by atoms with Crippen LogP contribution in [0.4, 0.5) is 4.79 Å². The van der Waals surface area contributed by atoms with Crippen LogP contribution in [0.1, 0.15) is 46.0 Å². The van der Waals surface area contributed by atoms with Crippen molar-refractivity contribution in [2.45, 2.75) is 46.0 Å². The van der Waals surface area contributed by atoms with Crippen molar-refractivity contribution < 1.29 is 4.79 Å². The number of rotatable bonds is 4. The molecular weight excluding hydrogens is 226 g/mol. The molecule has 1 rings (SSSR count). The van der Waals surface area contributed by atoms with Gasteiger partial charge in [-0.05, 0) is 18.8 Å². The summed E-state index contributed by atoms with van der Waals surface area (Å²) >= 11 is 0. The summed E-state index contributed by atoms with van der Waals surface area (Å²) in [5.41, 5.74) is 0. The molecule has 2 amide bonds. The first-order chi connectivity index (χ1) is 8.65. The zero-order valence-electron chi connectivity index (χ0n) is 11.7. The summed E-state index contributed by atoms with van der Waals surface area (Å²) in [5.74, 6) is 0.444. The predicted octanol–water partition coefficient (Wildman–Crippen LogP) is 2.85. The van der Waals surface area contributed by atoms with Gasteiger partial charge in [0.25, 0.3) is 0 Å². The predicted molar refractivity (Wildman–Crippen MR) is 72.1 cm³/mol. The van der Waals surface area contributed by atoms with E-state index in [1.54, 1.807) is 0 Å². The summed E-state index contributed by atoms with van der Waals surface area (Å²) < 4.78 is 0. The molecule has 1 fully saturated rings. The lowest BCUT2D eigenvalue weighted by atomic mass is 10.2. The average Bonchev–Trinajstić information content (AvgIpc) is 2.61. The smallest absolute Gasteiger partial charge is 0.320 e. The molecule has 0 aromatic carbocycles. The second kappa shape index (κ2) is 7.97. The third-order valence-electron chi connectivity index (χ3n) is 3.23. The van der Waals surface area contributed by atoms with Crippen molar-refractivity contribution in [2.24, 2.45) is 5.92 Å². The van der Waals surface area contributed by atoms with E-state index in [4.69, 9.17) is 5.26 Å². The highest BCUT2D eigenvalue weighted by atomic mass is 16.2. The Kier molecular flexibility index (Phi) is 6.56. The van der Waals surface area contributed by atoms with Crippen LogP contribution in [-0.2, 0) is 0 Å². The zero-order valence-corrected chi connectivity index (χ0v) is 11.7. The van der Waals surface area contributed by atoms with Crippen LogP contribution < -0.4 is 0 Å². The molecular formula is C14H25N3O. The molecule has 0 radical (unpaired) electrons. The van der Waals surface area contributed by atoms with Crippen LogP contribution in [0.15, 0.2) is 0 Å². The Morgan fingerprint density at radius 3 is 2.39 bits per heavy atom. The van der Waals surface area contributed by atoms with Crippen molar-refractivity contribution in [1.29, 1.82) is 5.26 Å². The van der Waals surface area contributed by atoms with Gasteiger partial charge in [0, 0.05) is 26.2 Å². The van der Waals surface area contributed by atoms with Crippen LogP contribution in [0, 0.1) is 17.2 Å². The van der Waals surface area contributed by atoms with Gasteiger partial charge in [-0.3, -0.25) is 0 Å². The maximum atomic E-state index is 12.4. The molecule has 0 aliphatic carbocycles. The fourth-order valence-corrected chi connectivity index (χ4v) is 2.35. The van der Waals surface area contributed by atoms with E-state index < -0.39 is 0 Å². The molecule has 0 bridgehead atoms. The summed E-state index contributed by atoms with van der Waals surface area (Å²) in [6, 6.07) is 2.25. The number of amides is 2. The molecule has 1 aliphatic heterocycles. The summed E-state index contributed by atoms with van der Waals surface area (Å²) in [7, 11) is 0. The lowest BCUT2D eigenvalue weighted by Gasteiger charge is -2.30. The quantitative estimate of drug-likeness (QED) is 0.771. The Morgan fingerprint density at radius 2 is 1.89 bits per heavy atom. The highest BCUT2D eigenvalue weighted by molar-refractivity contribution is 5.74. The maximum Gasteiger partial charge on any atom is 0.320 e. The Labute approximate surface area is 111 Å². The van der Waals surface area contributed by atoms with E-state index in [0.29, 0.717) is 18.9 Å². The van der Waals surface area contributed by atoms with Crippen molar-refractivity contribution in [2.75, 3.05) is 26.2 Å². The van der Waals surface area contributed by atoms with Gasteiger partial charge in [-0.15, -0.1) is 0 Å². The molecule has 0 spiro atoms. The minimum atomic E-state index is 0.126. The molecule has 0 aromatic rings. The largest absolute Gasteiger partial charge is 0.325 e. The van der Waals surface area contributed by atoms with Crippen LogP contribution in [-0.4, -0.2) is 42.0 Å². The van der Waals surface area contributed by atoms with Gasteiger partial charge >= 0.3 is 6.03 Å². The van der Waals surface area contributed by atoms with Gasteiger partial charge in [0.2, 0.25) is 0 Å². The Morgan fingerprint density at radius 1 is 1.28 bits per heavy atom. The standard InChI is InChI=1S/C14H25N3O/c1-13(2)12-17(11-7-8-15)14(18)16-9-5-3-4-6-10-16/h13H,3-7,9-12H2,1-2H3. The zero-order chi connectivity index (χ0) is 13.4. The average molecular weight is 251 g/mol. The monoisotopic (exact) mass is 251 g/mol. The van der Waals surface area contributed by atoms with E-state index in [0.717, 1.165) is 32.5 Å². The number of hydrogen-bond acceptors (Lipinski definition) is 2. The van der Waals surface area contributed by atoms with Gasteiger partial charge in [-0.1, -0.05) is 26.7 Å². The van der Waals surface area contributed by atoms with Gasteiger partial charge in [-0.2, -0.15) is 5.26 Å². The second-order valence-electron chi connectivity index (χ2n) is 5.43. The Hall–Kier alpha value is -1.24. The normalized spacial score (nSPS) is 16.2. The summed E-state index contributed by atoms with van der Waals surface area (Å²) in [5, 5.41) is 8.68. The third-order valence-corrected chi connectivity index (χ3v) is 3.23. The Balaban J connectivity index is 2.58. The van der Waals surface area contributed by atoms with Crippen molar-refractivity contribution in [3.8, 4) is 6.07 Å². The van der Waals surface area contributed by atoms with Crippen LogP contribution in [0.5, 0.6) is 0 Å². The van der Waals surface area contributed by atoms with Gasteiger partial charge in [0.1, 0.15) is 0 Å². The molecule has 0 saturated carbocycles. The van der Waals surface area contributed by atoms with E-state index in [9.17, 15) is 4.79 Å². The van der Waals surface area contributed by atoms with E-state index in [-0.39, 0.29) is 6.03 Å². The van der Waals surface area contributed by atoms with E-state index in [1.807, 2.05) is 9.80 Å². The molecule has 0 atom stereocenters. The molecule has 1 heterocycles. The highest BCUT2D eigenvalue weighted by Gasteiger charge is 2.21. The summed E-state index contributed by atoms with van der Waals surface area (Å²) in [6.07, 6.45) is 5.10. The fraction of sp³-hybridized carbons (Fsp3) is 0.857. The van der Waals surface area contributed by atoms with Gasteiger partial charge < -0.3 is 9.80 Å². The second-order valence-corrected chi connectivity index (χ2v) is 5.43. The first-order valence-electron chi connectivity index (χ1n) is 7.06. The lowest BCUT2D eigenvalue weighted by molar-refractivity contribution is 0.149. The highest BCUT2D eigenvalue weighted by Crippen LogP contribution is 2.13. The van der Waals surface area contributed by atoms with Crippen LogP contribution in [0.2, 0.25) is 0 Å². The van der Waals surface area contributed by atoms with E-state index >= 15 is 0 Å². The minimum absolute atomic E-state index is 0.126. The number of hydrogen-bond donors (Lipinski definition) is 0. The molecule has 102 valence electrons. The molecule has 1 aliphatic rings. The minimum Gasteiger partial charge on any atom is -0.325 e. The first-order valence-corrected chi connectivity index (χ1v) is 7.06. The first kappa shape index (κ1) is 14.8. The number of urea groups is 1. The maximum absolute atomic E-state index is 12.4. The molecule has 18 heavy (non-hydrogen) atoms. The van der Waals surface area contributed by atoms with Gasteiger partial charge in [0.15, 0.2) is 0 Å². The van der Waals surface area contributed by atoms with Crippen molar-refractivity contribution in [3.63, 3.8) is 0 Å². The molecule has 4 nitrogen and oxygen atoms in total. The fourth-order valence-electron chi connectivity index (χ4n) is 2.35. The molecule has 0 unspecified atom stereocenters. The van der Waals surface area contributed by atoms with Crippen LogP contribution in [0.25, 0.3) is 0 Å². The van der Waals surface area contributed by atoms with Crippen LogP contribution in [0.3, 0.4) is 0 Å². The van der Waals surface area contributed by atoms with Gasteiger partial charge in [-0.25, -0.2) is 4.79 Å². The van der Waals surface area contributed by atoms with Gasteiger partial charge in [0.05, 0.1) is 12.5 Å². The van der Waals surface area contributed by atoms with E-state index in [1.165, 1.54) is 12.8 Å². The Bertz CT molecular complexity index is 288. The van der Waals surface area contributed by atoms with Crippen molar-refractivity contribution >= 4 is 6.03 Å². The molecule has 0 N–H and O–H groups in total. The molecule has 4 heteroatoms. The number of nitrogens with zero attached hydrogens (tertiary/aromatic N) is 3. The van der Waals surface area contributed by atoms with Crippen molar-refractivity contribution in [1.82, 2.24) is 9.80 Å². The third kappa shape index (κ3) is 4.95. The van der Waals surface area contributed by atoms with Crippen molar-refractivity contribution in [3.05, 3.63) is 0 Å². The van der Waals surface area contributed by atoms with E-state index in [2.05, 4.69) is 19.9 Å². The SMILES string of the molecule is CC(C)CN(CCC#N)C(=O)N1CCCCCC1. The number of nitriles is 1. The number of carbonyl (C=O) groups excluding carboxylic acids is 1. The summed E-state index contributed by atoms with van der Waals surface area (Å²) in [6.45, 7) is 7.27. The lowest BCUT2D eigenvalue weighted by Crippen LogP contribution is -2.45. The van der Waals surface area contributed by atoms with Crippen LogP contribution >= 0.6 is 0 Å². The topological polar surface area (TPSA) is 47.3 Å². The molecule has 0 aromatic heterocycles.